The van der Waals surface area contributed by atoms with Crippen molar-refractivity contribution in [2.24, 2.45) is 41.4 Å². The highest BCUT2D eigenvalue weighted by Crippen LogP contribution is 2.50. The average molecular weight is 415 g/mol. The molecule has 30 heavy (non-hydrogen) atoms. The Balaban J connectivity index is 1.27. The summed E-state index contributed by atoms with van der Waals surface area (Å²) in [7, 11) is 1.60. The van der Waals surface area contributed by atoms with E-state index in [0.717, 1.165) is 57.8 Å². The number of fused-ring (bicyclic) bond motifs is 2. The molecule has 164 valence electrons. The van der Waals surface area contributed by atoms with Crippen molar-refractivity contribution >= 4 is 23.6 Å². The Morgan fingerprint density at radius 1 is 0.633 bits per heavy atom. The van der Waals surface area contributed by atoms with Gasteiger partial charge >= 0.3 is 0 Å². The molecule has 3 saturated carbocycles. The minimum atomic E-state index is -0.167. The van der Waals surface area contributed by atoms with Crippen LogP contribution in [0.5, 0.6) is 0 Å². The monoisotopic (exact) mass is 414 g/mol. The van der Waals surface area contributed by atoms with Gasteiger partial charge in [-0.1, -0.05) is 19.8 Å². The smallest absolute Gasteiger partial charge is 0.233 e. The summed E-state index contributed by atoms with van der Waals surface area (Å²) in [4.78, 5) is 54.2. The molecule has 0 spiro atoms. The molecule has 4 amide bonds. The Hall–Kier alpha value is -1.72. The topological polar surface area (TPSA) is 74.8 Å². The summed E-state index contributed by atoms with van der Waals surface area (Å²) < 4.78 is 0. The number of carbonyl (C=O) groups is 4. The fourth-order valence-corrected chi connectivity index (χ4v) is 7.47. The molecule has 3 aliphatic carbocycles. The summed E-state index contributed by atoms with van der Waals surface area (Å²) >= 11 is 0. The Bertz CT molecular complexity index is 779. The van der Waals surface area contributed by atoms with E-state index in [2.05, 4.69) is 6.92 Å². The van der Waals surface area contributed by atoms with Crippen molar-refractivity contribution in [1.82, 2.24) is 9.80 Å². The maximum Gasteiger partial charge on any atom is 0.233 e. The highest BCUT2D eigenvalue weighted by atomic mass is 16.2. The first-order valence-electron chi connectivity index (χ1n) is 12.0. The molecule has 6 nitrogen and oxygen atoms in total. The second-order valence-electron chi connectivity index (χ2n) is 10.8. The summed E-state index contributed by atoms with van der Waals surface area (Å²) in [5, 5.41) is 0. The molecule has 8 atom stereocenters. The van der Waals surface area contributed by atoms with Gasteiger partial charge in [-0.25, -0.2) is 0 Å². The number of rotatable bonds is 2. The highest BCUT2D eigenvalue weighted by Gasteiger charge is 2.55. The van der Waals surface area contributed by atoms with Gasteiger partial charge in [0.25, 0.3) is 0 Å². The molecule has 0 bridgehead atoms. The van der Waals surface area contributed by atoms with E-state index < -0.39 is 0 Å². The number of hydrogen-bond donors (Lipinski definition) is 0. The van der Waals surface area contributed by atoms with Gasteiger partial charge in [-0.15, -0.1) is 0 Å². The lowest BCUT2D eigenvalue weighted by atomic mass is 9.64. The molecule has 0 aromatic rings. The predicted octanol–water partition coefficient (Wildman–Crippen LogP) is 3.00. The summed E-state index contributed by atoms with van der Waals surface area (Å²) in [6, 6.07) is 0.103. The van der Waals surface area contributed by atoms with E-state index >= 15 is 0 Å². The van der Waals surface area contributed by atoms with E-state index in [-0.39, 0.29) is 53.3 Å². The van der Waals surface area contributed by atoms with Gasteiger partial charge in [0.1, 0.15) is 0 Å². The molecule has 5 fully saturated rings. The summed E-state index contributed by atoms with van der Waals surface area (Å²) in [6.45, 7) is 2.23. The van der Waals surface area contributed by atoms with Crippen molar-refractivity contribution in [1.29, 1.82) is 0 Å². The number of carbonyl (C=O) groups excluding carboxylic acids is 4. The Labute approximate surface area is 178 Å². The molecule has 6 heteroatoms. The zero-order valence-corrected chi connectivity index (χ0v) is 18.2. The molecule has 5 aliphatic rings. The molecule has 2 heterocycles. The van der Waals surface area contributed by atoms with Gasteiger partial charge in [-0.3, -0.25) is 29.0 Å². The SMILES string of the molecule is CC1CCCC(N2C(=O)C3CCC(C4CCC5C(=O)N(C)C(=O)C5C4)CC3C2=O)C1. The quantitative estimate of drug-likeness (QED) is 0.651. The van der Waals surface area contributed by atoms with Gasteiger partial charge in [0.2, 0.25) is 23.6 Å². The van der Waals surface area contributed by atoms with Crippen LogP contribution in [0.25, 0.3) is 0 Å². The number of imide groups is 2. The number of amides is 4. The zero-order chi connectivity index (χ0) is 21.2. The molecule has 2 aliphatic heterocycles. The van der Waals surface area contributed by atoms with Crippen LogP contribution in [-0.2, 0) is 19.2 Å². The van der Waals surface area contributed by atoms with E-state index in [4.69, 9.17) is 0 Å². The minimum Gasteiger partial charge on any atom is -0.285 e. The molecule has 0 aromatic carbocycles. The van der Waals surface area contributed by atoms with Crippen LogP contribution in [-0.4, -0.2) is 46.5 Å². The lowest BCUT2D eigenvalue weighted by molar-refractivity contribution is -0.144. The minimum absolute atomic E-state index is 0.0129. The standard InChI is InChI=1S/C24H34N2O4/c1-13-4-3-5-16(10-13)26-23(29)18-9-7-15(12-20(18)24(26)30)14-6-8-17-19(11-14)22(28)25(2)21(17)27/h13-20H,3-12H2,1-2H3. The van der Waals surface area contributed by atoms with Crippen LogP contribution in [0.3, 0.4) is 0 Å². The van der Waals surface area contributed by atoms with Crippen molar-refractivity contribution < 1.29 is 19.2 Å². The number of hydrogen-bond acceptors (Lipinski definition) is 4. The lowest BCUT2D eigenvalue weighted by Crippen LogP contribution is -2.43. The third kappa shape index (κ3) is 3.04. The van der Waals surface area contributed by atoms with Gasteiger partial charge in [0.15, 0.2) is 0 Å². The van der Waals surface area contributed by atoms with E-state index in [1.54, 1.807) is 11.9 Å². The zero-order valence-electron chi connectivity index (χ0n) is 18.2. The molecule has 8 unspecified atom stereocenters. The van der Waals surface area contributed by atoms with E-state index in [0.29, 0.717) is 17.8 Å². The molecule has 0 aromatic heterocycles. The Morgan fingerprint density at radius 3 is 1.80 bits per heavy atom. The summed E-state index contributed by atoms with van der Waals surface area (Å²) in [6.07, 6.45) is 9.28. The fraction of sp³-hybridized carbons (Fsp3) is 0.833. The average Bonchev–Trinajstić information content (AvgIpc) is 3.13. The molecule has 2 saturated heterocycles. The van der Waals surface area contributed by atoms with Crippen LogP contribution in [0.4, 0.5) is 0 Å². The summed E-state index contributed by atoms with van der Waals surface area (Å²) in [5.74, 6) is 0.921. The molecule has 0 radical (unpaired) electrons. The molecule has 0 N–H and O–H groups in total. The van der Waals surface area contributed by atoms with Crippen LogP contribution < -0.4 is 0 Å². The van der Waals surface area contributed by atoms with Crippen LogP contribution in [0.15, 0.2) is 0 Å². The van der Waals surface area contributed by atoms with Crippen LogP contribution in [0, 0.1) is 41.4 Å². The van der Waals surface area contributed by atoms with Crippen molar-refractivity contribution in [3.8, 4) is 0 Å². The third-order valence-electron chi connectivity index (χ3n) is 9.13. The van der Waals surface area contributed by atoms with E-state index in [9.17, 15) is 19.2 Å². The second kappa shape index (κ2) is 7.45. The van der Waals surface area contributed by atoms with Crippen LogP contribution in [0.1, 0.15) is 71.1 Å². The molecular formula is C24H34N2O4. The fourth-order valence-electron chi connectivity index (χ4n) is 7.47. The normalized spacial score (nSPS) is 44.5. The van der Waals surface area contributed by atoms with Crippen molar-refractivity contribution in [2.45, 2.75) is 77.2 Å². The number of nitrogens with zero attached hydrogens (tertiary/aromatic N) is 2. The van der Waals surface area contributed by atoms with Gasteiger partial charge in [-0.2, -0.15) is 0 Å². The van der Waals surface area contributed by atoms with Gasteiger partial charge in [0, 0.05) is 13.1 Å². The van der Waals surface area contributed by atoms with Crippen LogP contribution in [0.2, 0.25) is 0 Å². The first-order chi connectivity index (χ1) is 14.4. The Morgan fingerprint density at radius 2 is 1.17 bits per heavy atom. The largest absolute Gasteiger partial charge is 0.285 e. The predicted molar refractivity (Wildman–Crippen MR) is 110 cm³/mol. The molecular weight excluding hydrogens is 380 g/mol. The first-order valence-corrected chi connectivity index (χ1v) is 12.0. The second-order valence-corrected chi connectivity index (χ2v) is 10.8. The van der Waals surface area contributed by atoms with Gasteiger partial charge < -0.3 is 0 Å². The van der Waals surface area contributed by atoms with Crippen molar-refractivity contribution in [2.75, 3.05) is 7.05 Å². The third-order valence-corrected chi connectivity index (χ3v) is 9.13. The summed E-state index contributed by atoms with van der Waals surface area (Å²) in [5.41, 5.74) is 0. The maximum absolute atomic E-state index is 13.3. The van der Waals surface area contributed by atoms with Crippen molar-refractivity contribution in [3.63, 3.8) is 0 Å². The lowest BCUT2D eigenvalue weighted by Gasteiger charge is -2.38. The highest BCUT2D eigenvalue weighted by molar-refractivity contribution is 6.06. The first kappa shape index (κ1) is 20.2. The maximum atomic E-state index is 13.3. The Kier molecular flexibility index (Phi) is 5.02. The van der Waals surface area contributed by atoms with Gasteiger partial charge in [-0.05, 0) is 69.1 Å². The molecule has 5 rings (SSSR count). The van der Waals surface area contributed by atoms with Crippen LogP contribution >= 0.6 is 0 Å². The van der Waals surface area contributed by atoms with Crippen molar-refractivity contribution in [3.05, 3.63) is 0 Å². The van der Waals surface area contributed by atoms with E-state index in [1.165, 1.54) is 11.3 Å². The van der Waals surface area contributed by atoms with E-state index in [1.807, 2.05) is 0 Å². The van der Waals surface area contributed by atoms with Gasteiger partial charge in [0.05, 0.1) is 23.7 Å². The number of likely N-dealkylation sites (tertiary alicyclic amines) is 2.